The molecule has 3 unspecified atom stereocenters. The van der Waals surface area contributed by atoms with Crippen molar-refractivity contribution in [2.24, 2.45) is 5.92 Å². The van der Waals surface area contributed by atoms with Crippen molar-refractivity contribution < 1.29 is 0 Å². The van der Waals surface area contributed by atoms with Crippen LogP contribution in [0.2, 0.25) is 0 Å². The molecule has 0 fully saturated rings. The Morgan fingerprint density at radius 1 is 1.11 bits per heavy atom. The molecule has 102 valence electrons. The molecule has 1 aromatic carbocycles. The maximum Gasteiger partial charge on any atom is 0.135 e. The van der Waals surface area contributed by atoms with Crippen molar-refractivity contribution in [2.75, 3.05) is 0 Å². The zero-order valence-electron chi connectivity index (χ0n) is 11.5. The van der Waals surface area contributed by atoms with Crippen LogP contribution in [0.25, 0.3) is 0 Å². The summed E-state index contributed by atoms with van der Waals surface area (Å²) in [5.41, 5.74) is 1.31. The second-order valence-corrected chi connectivity index (χ2v) is 6.56. The molecule has 0 bridgehead atoms. The molecule has 0 amide bonds. The molecule has 0 radical (unpaired) electrons. The summed E-state index contributed by atoms with van der Waals surface area (Å²) >= 11 is 7.72. The first-order valence-electron chi connectivity index (χ1n) is 6.65. The molecular formula is C15H19ClN2S. The smallest absolute Gasteiger partial charge is 0.135 e. The minimum absolute atomic E-state index is 0.0698. The van der Waals surface area contributed by atoms with Crippen molar-refractivity contribution in [3.63, 3.8) is 0 Å². The lowest BCUT2D eigenvalue weighted by Crippen LogP contribution is -2.10. The van der Waals surface area contributed by atoms with Crippen LogP contribution in [0, 0.1) is 5.92 Å². The number of hydrogen-bond acceptors (Lipinski definition) is 3. The predicted molar refractivity (Wildman–Crippen MR) is 81.9 cm³/mol. The van der Waals surface area contributed by atoms with Crippen LogP contribution in [0.4, 0.5) is 0 Å². The van der Waals surface area contributed by atoms with Gasteiger partial charge in [-0.2, -0.15) is 0 Å². The number of rotatable bonds is 5. The molecule has 2 nitrogen and oxygen atoms in total. The molecule has 1 heterocycles. The number of halogens is 1. The predicted octanol–water partition coefficient (Wildman–Crippen LogP) is 5.02. The van der Waals surface area contributed by atoms with Crippen molar-refractivity contribution in [3.05, 3.63) is 45.9 Å². The molecule has 0 saturated carbocycles. The summed E-state index contributed by atoms with van der Waals surface area (Å²) in [7, 11) is 0. The normalized spacial score (nSPS) is 16.0. The van der Waals surface area contributed by atoms with Gasteiger partial charge in [-0.15, -0.1) is 21.8 Å². The van der Waals surface area contributed by atoms with E-state index in [0.29, 0.717) is 11.8 Å². The molecule has 4 heteroatoms. The van der Waals surface area contributed by atoms with E-state index in [4.69, 9.17) is 11.6 Å². The molecule has 0 saturated heterocycles. The molecule has 2 aromatic rings. The van der Waals surface area contributed by atoms with Crippen LogP contribution in [0.1, 0.15) is 54.1 Å². The molecule has 0 aliphatic rings. The van der Waals surface area contributed by atoms with Crippen LogP contribution in [0.15, 0.2) is 30.3 Å². The maximum absolute atomic E-state index is 6.09. The quantitative estimate of drug-likeness (QED) is 0.724. The van der Waals surface area contributed by atoms with Crippen molar-refractivity contribution in [3.8, 4) is 0 Å². The van der Waals surface area contributed by atoms with Gasteiger partial charge in [0, 0.05) is 5.92 Å². The van der Waals surface area contributed by atoms with Gasteiger partial charge in [0.1, 0.15) is 10.0 Å². The summed E-state index contributed by atoms with van der Waals surface area (Å²) in [6.07, 6.45) is 1.12. The Hall–Kier alpha value is -0.930. The van der Waals surface area contributed by atoms with Gasteiger partial charge in [-0.3, -0.25) is 0 Å². The lowest BCUT2D eigenvalue weighted by molar-refractivity contribution is 0.492. The van der Waals surface area contributed by atoms with E-state index in [1.54, 1.807) is 11.3 Å². The van der Waals surface area contributed by atoms with Crippen LogP contribution < -0.4 is 0 Å². The van der Waals surface area contributed by atoms with Gasteiger partial charge in [0.15, 0.2) is 0 Å². The minimum atomic E-state index is -0.0698. The molecule has 2 rings (SSSR count). The number of hydrogen-bond donors (Lipinski definition) is 0. The van der Waals surface area contributed by atoms with Crippen molar-refractivity contribution in [2.45, 2.75) is 38.5 Å². The highest BCUT2D eigenvalue weighted by atomic mass is 35.5. The van der Waals surface area contributed by atoms with Crippen LogP contribution >= 0.6 is 22.9 Å². The molecule has 0 N–H and O–H groups in total. The highest BCUT2D eigenvalue weighted by molar-refractivity contribution is 7.11. The van der Waals surface area contributed by atoms with E-state index in [9.17, 15) is 0 Å². The van der Waals surface area contributed by atoms with Crippen LogP contribution in [-0.4, -0.2) is 10.2 Å². The fourth-order valence-corrected chi connectivity index (χ4v) is 3.36. The van der Waals surface area contributed by atoms with Gasteiger partial charge in [-0.05, 0) is 18.4 Å². The summed E-state index contributed by atoms with van der Waals surface area (Å²) in [5, 5.41) is 10.5. The Balaban J connectivity index is 2.37. The molecule has 3 atom stereocenters. The monoisotopic (exact) mass is 294 g/mol. The van der Waals surface area contributed by atoms with Gasteiger partial charge >= 0.3 is 0 Å². The molecule has 0 spiro atoms. The Bertz CT molecular complexity index is 510. The second-order valence-electron chi connectivity index (χ2n) is 4.87. The van der Waals surface area contributed by atoms with E-state index < -0.39 is 0 Å². The number of alkyl halides is 1. The first-order valence-corrected chi connectivity index (χ1v) is 7.91. The maximum atomic E-state index is 6.09. The zero-order chi connectivity index (χ0) is 13.8. The van der Waals surface area contributed by atoms with Crippen LogP contribution in [-0.2, 0) is 0 Å². The largest absolute Gasteiger partial charge is 0.143 e. The molecule has 0 aliphatic carbocycles. The van der Waals surface area contributed by atoms with E-state index >= 15 is 0 Å². The zero-order valence-corrected chi connectivity index (χ0v) is 13.1. The van der Waals surface area contributed by atoms with E-state index in [2.05, 4.69) is 48.3 Å². The van der Waals surface area contributed by atoms with E-state index in [1.807, 2.05) is 13.0 Å². The average Bonchev–Trinajstić information content (AvgIpc) is 2.89. The van der Waals surface area contributed by atoms with Gasteiger partial charge < -0.3 is 0 Å². The van der Waals surface area contributed by atoms with E-state index in [0.717, 1.165) is 16.4 Å². The first kappa shape index (κ1) is 14.5. The van der Waals surface area contributed by atoms with Gasteiger partial charge in [0.2, 0.25) is 0 Å². The van der Waals surface area contributed by atoms with Crippen molar-refractivity contribution in [1.29, 1.82) is 0 Å². The summed E-state index contributed by atoms with van der Waals surface area (Å²) < 4.78 is 0. The highest BCUT2D eigenvalue weighted by Gasteiger charge is 2.24. The summed E-state index contributed by atoms with van der Waals surface area (Å²) in [5.74, 6) is 0.849. The minimum Gasteiger partial charge on any atom is -0.143 e. The summed E-state index contributed by atoms with van der Waals surface area (Å²) in [6.45, 7) is 6.42. The Kier molecular flexibility index (Phi) is 4.94. The fraction of sp³-hybridized carbons (Fsp3) is 0.467. The lowest BCUT2D eigenvalue weighted by Gasteiger charge is -2.20. The highest BCUT2D eigenvalue weighted by Crippen LogP contribution is 2.36. The van der Waals surface area contributed by atoms with Gasteiger partial charge in [0.25, 0.3) is 0 Å². The average molecular weight is 295 g/mol. The topological polar surface area (TPSA) is 25.8 Å². The van der Waals surface area contributed by atoms with Gasteiger partial charge in [-0.25, -0.2) is 0 Å². The number of nitrogens with zero attached hydrogens (tertiary/aromatic N) is 2. The molecule has 19 heavy (non-hydrogen) atoms. The number of aromatic nitrogens is 2. The van der Waals surface area contributed by atoms with Crippen LogP contribution in [0.3, 0.4) is 0 Å². The third kappa shape index (κ3) is 3.34. The molecular weight excluding hydrogens is 276 g/mol. The molecule has 1 aromatic heterocycles. The first-order chi connectivity index (χ1) is 9.13. The SMILES string of the molecule is CCC(C)C(c1ccccc1)c1nnc(C(C)Cl)s1. The molecule has 0 aliphatic heterocycles. The Morgan fingerprint density at radius 2 is 1.74 bits per heavy atom. The van der Waals surface area contributed by atoms with E-state index in [-0.39, 0.29) is 5.38 Å². The van der Waals surface area contributed by atoms with E-state index in [1.165, 1.54) is 5.56 Å². The second kappa shape index (κ2) is 6.49. The standard InChI is InChI=1S/C15H19ClN2S/c1-4-10(2)13(12-8-6-5-7-9-12)15-18-17-14(19-15)11(3)16/h5-11,13H,4H2,1-3H3. The summed E-state index contributed by atoms with van der Waals surface area (Å²) in [6, 6.07) is 10.5. The van der Waals surface area contributed by atoms with Crippen molar-refractivity contribution in [1.82, 2.24) is 10.2 Å². The number of benzene rings is 1. The Morgan fingerprint density at radius 3 is 2.26 bits per heavy atom. The fourth-order valence-electron chi connectivity index (χ4n) is 2.14. The summed E-state index contributed by atoms with van der Waals surface area (Å²) in [4.78, 5) is 0. The lowest BCUT2D eigenvalue weighted by atomic mass is 9.86. The third-order valence-corrected chi connectivity index (χ3v) is 4.96. The Labute approximate surface area is 123 Å². The van der Waals surface area contributed by atoms with Crippen molar-refractivity contribution >= 4 is 22.9 Å². The van der Waals surface area contributed by atoms with Gasteiger partial charge in [-0.1, -0.05) is 61.9 Å². The van der Waals surface area contributed by atoms with Gasteiger partial charge in [0.05, 0.1) is 5.38 Å². The van der Waals surface area contributed by atoms with Crippen LogP contribution in [0.5, 0.6) is 0 Å². The third-order valence-electron chi connectivity index (χ3n) is 3.43.